The van der Waals surface area contributed by atoms with Crippen molar-refractivity contribution in [3.63, 3.8) is 0 Å². The second kappa shape index (κ2) is 13.7. The van der Waals surface area contributed by atoms with E-state index in [1.807, 2.05) is 19.1 Å². The minimum atomic E-state index is -0.383. The van der Waals surface area contributed by atoms with Crippen LogP contribution in [0.15, 0.2) is 52.9 Å². The van der Waals surface area contributed by atoms with Gasteiger partial charge in [0.2, 0.25) is 0 Å². The zero-order valence-corrected chi connectivity index (χ0v) is 22.1. The predicted molar refractivity (Wildman–Crippen MR) is 139 cm³/mol. The molecule has 0 unspecified atom stereocenters. The van der Waals surface area contributed by atoms with Crippen LogP contribution in [-0.2, 0) is 14.3 Å². The van der Waals surface area contributed by atoms with Crippen molar-refractivity contribution in [2.75, 3.05) is 38.5 Å². The maximum Gasteiger partial charge on any atom is 0.316 e. The SMILES string of the molecule is CCOC(=O)CSc1cnc(NC(=O)c2cc(Oc3cccc(OC)c3)cc(O[C@@H](C)COC)c2)s1. The Morgan fingerprint density at radius 2 is 1.83 bits per heavy atom. The van der Waals surface area contributed by atoms with Crippen LogP contribution in [0.4, 0.5) is 5.13 Å². The molecule has 3 rings (SSSR count). The van der Waals surface area contributed by atoms with Gasteiger partial charge >= 0.3 is 5.97 Å². The van der Waals surface area contributed by atoms with E-state index in [0.717, 1.165) is 4.21 Å². The molecule has 0 saturated carbocycles. The number of aromatic nitrogens is 1. The van der Waals surface area contributed by atoms with Gasteiger partial charge in [-0.2, -0.15) is 0 Å². The van der Waals surface area contributed by atoms with E-state index in [-0.39, 0.29) is 23.7 Å². The fourth-order valence-corrected chi connectivity index (χ4v) is 4.68. The van der Waals surface area contributed by atoms with Crippen molar-refractivity contribution in [1.29, 1.82) is 0 Å². The number of hydrogen-bond donors (Lipinski definition) is 1. The number of carbonyl (C=O) groups excluding carboxylic acids is 2. The quantitative estimate of drug-likeness (QED) is 0.233. The summed E-state index contributed by atoms with van der Waals surface area (Å²) in [6, 6.07) is 12.1. The van der Waals surface area contributed by atoms with Crippen molar-refractivity contribution in [1.82, 2.24) is 4.98 Å². The lowest BCUT2D eigenvalue weighted by atomic mass is 10.2. The molecule has 1 heterocycles. The van der Waals surface area contributed by atoms with E-state index in [1.165, 1.54) is 23.1 Å². The van der Waals surface area contributed by atoms with E-state index in [2.05, 4.69) is 10.3 Å². The summed E-state index contributed by atoms with van der Waals surface area (Å²) in [4.78, 5) is 28.9. The van der Waals surface area contributed by atoms with E-state index in [0.29, 0.717) is 46.9 Å². The van der Waals surface area contributed by atoms with Crippen LogP contribution in [0.25, 0.3) is 0 Å². The Bertz CT molecular complexity index is 1170. The molecule has 192 valence electrons. The number of rotatable bonds is 13. The Hall–Kier alpha value is -3.28. The van der Waals surface area contributed by atoms with E-state index in [4.69, 9.17) is 23.7 Å². The van der Waals surface area contributed by atoms with Crippen LogP contribution >= 0.6 is 23.1 Å². The summed E-state index contributed by atoms with van der Waals surface area (Å²) < 4.78 is 28.0. The van der Waals surface area contributed by atoms with Gasteiger partial charge in [-0.15, -0.1) is 11.8 Å². The summed E-state index contributed by atoms with van der Waals surface area (Å²) in [5.74, 6) is 1.55. The molecule has 0 aliphatic carbocycles. The second-order valence-electron chi connectivity index (χ2n) is 7.39. The van der Waals surface area contributed by atoms with Crippen molar-refractivity contribution < 1.29 is 33.3 Å². The van der Waals surface area contributed by atoms with Crippen LogP contribution in [0.5, 0.6) is 23.0 Å². The summed E-state index contributed by atoms with van der Waals surface area (Å²) in [7, 11) is 3.17. The van der Waals surface area contributed by atoms with Gasteiger partial charge in [-0.3, -0.25) is 14.9 Å². The molecule has 1 atom stereocenters. The van der Waals surface area contributed by atoms with Crippen LogP contribution in [0.2, 0.25) is 0 Å². The van der Waals surface area contributed by atoms with Gasteiger partial charge in [0.1, 0.15) is 29.1 Å². The van der Waals surface area contributed by atoms with Gasteiger partial charge in [-0.1, -0.05) is 17.4 Å². The summed E-state index contributed by atoms with van der Waals surface area (Å²) >= 11 is 2.57. The second-order valence-corrected chi connectivity index (χ2v) is 9.70. The third-order valence-electron chi connectivity index (χ3n) is 4.50. The number of hydrogen-bond acceptors (Lipinski definition) is 10. The molecule has 11 heteroatoms. The topological polar surface area (TPSA) is 105 Å². The highest BCUT2D eigenvalue weighted by Gasteiger charge is 2.15. The van der Waals surface area contributed by atoms with Crippen molar-refractivity contribution in [2.24, 2.45) is 0 Å². The van der Waals surface area contributed by atoms with Crippen LogP contribution in [0.1, 0.15) is 24.2 Å². The molecule has 1 aromatic heterocycles. The number of nitrogens with one attached hydrogen (secondary N) is 1. The number of esters is 1. The summed E-state index contributed by atoms with van der Waals surface area (Å²) in [5.41, 5.74) is 0.325. The van der Waals surface area contributed by atoms with Crippen molar-refractivity contribution in [3.8, 4) is 23.0 Å². The minimum Gasteiger partial charge on any atom is -0.497 e. The van der Waals surface area contributed by atoms with Crippen LogP contribution in [0, 0.1) is 0 Å². The Labute approximate surface area is 218 Å². The van der Waals surface area contributed by atoms with Gasteiger partial charge in [-0.05, 0) is 38.1 Å². The lowest BCUT2D eigenvalue weighted by Gasteiger charge is -2.16. The molecule has 1 N–H and O–H groups in total. The first-order valence-electron chi connectivity index (χ1n) is 11.1. The summed E-state index contributed by atoms with van der Waals surface area (Å²) in [6.07, 6.45) is 1.36. The van der Waals surface area contributed by atoms with Crippen molar-refractivity contribution >= 4 is 40.1 Å². The van der Waals surface area contributed by atoms with Gasteiger partial charge in [0, 0.05) is 24.8 Å². The lowest BCUT2D eigenvalue weighted by Crippen LogP contribution is -2.18. The number of benzene rings is 2. The number of nitrogens with zero attached hydrogens (tertiary/aromatic N) is 1. The van der Waals surface area contributed by atoms with Crippen molar-refractivity contribution in [2.45, 2.75) is 24.2 Å². The third kappa shape index (κ3) is 8.43. The number of carbonyl (C=O) groups is 2. The first-order chi connectivity index (χ1) is 17.4. The predicted octanol–water partition coefficient (Wildman–Crippen LogP) is 5.27. The standard InChI is InChI=1S/C25H28N2O7S2/c1-5-32-22(28)15-35-23-13-26-25(36-23)27-24(29)17-9-20(33-16(2)14-30-3)12-21(10-17)34-19-8-6-7-18(11-19)31-4/h6-13,16H,5,14-15H2,1-4H3,(H,26,27,29)/t16-/m0/s1. The molecule has 0 aliphatic heterocycles. The maximum atomic E-state index is 13.1. The molecule has 0 fully saturated rings. The molecule has 36 heavy (non-hydrogen) atoms. The number of amides is 1. The molecule has 0 aliphatic rings. The Balaban J connectivity index is 1.77. The molecular formula is C25H28N2O7S2. The normalized spacial score (nSPS) is 11.4. The third-order valence-corrected chi connectivity index (χ3v) is 6.58. The molecule has 0 radical (unpaired) electrons. The molecule has 1 amide bonds. The molecular weight excluding hydrogens is 504 g/mol. The van der Waals surface area contributed by atoms with E-state index >= 15 is 0 Å². The van der Waals surface area contributed by atoms with Crippen LogP contribution in [-0.4, -0.2) is 56.2 Å². The molecule has 2 aromatic carbocycles. The highest BCUT2D eigenvalue weighted by atomic mass is 32.2. The first-order valence-corrected chi connectivity index (χ1v) is 12.9. The molecule has 0 saturated heterocycles. The van der Waals surface area contributed by atoms with E-state index in [9.17, 15) is 9.59 Å². The fraction of sp³-hybridized carbons (Fsp3) is 0.320. The number of ether oxygens (including phenoxy) is 5. The van der Waals surface area contributed by atoms with Gasteiger partial charge < -0.3 is 23.7 Å². The maximum absolute atomic E-state index is 13.1. The molecule has 3 aromatic rings. The lowest BCUT2D eigenvalue weighted by molar-refractivity contribution is -0.139. The van der Waals surface area contributed by atoms with Crippen molar-refractivity contribution in [3.05, 3.63) is 54.2 Å². The first kappa shape index (κ1) is 27.3. The monoisotopic (exact) mass is 532 g/mol. The summed E-state index contributed by atoms with van der Waals surface area (Å²) in [5, 5.41) is 3.19. The highest BCUT2D eigenvalue weighted by molar-refractivity contribution is 8.01. The zero-order valence-electron chi connectivity index (χ0n) is 20.4. The number of thiazole rings is 1. The molecule has 9 nitrogen and oxygen atoms in total. The van der Waals surface area contributed by atoms with E-state index in [1.54, 1.807) is 57.7 Å². The Kier molecular flexibility index (Phi) is 10.4. The number of thioether (sulfide) groups is 1. The number of anilines is 1. The fourth-order valence-electron chi connectivity index (χ4n) is 3.02. The minimum absolute atomic E-state index is 0.174. The highest BCUT2D eigenvalue weighted by Crippen LogP contribution is 2.32. The Morgan fingerprint density at radius 3 is 2.58 bits per heavy atom. The molecule has 0 bridgehead atoms. The molecule has 0 spiro atoms. The average Bonchev–Trinajstić information content (AvgIpc) is 3.30. The van der Waals surface area contributed by atoms with Gasteiger partial charge in [0.15, 0.2) is 5.13 Å². The van der Waals surface area contributed by atoms with Gasteiger partial charge in [-0.25, -0.2) is 4.98 Å². The summed E-state index contributed by atoms with van der Waals surface area (Å²) in [6.45, 7) is 4.34. The zero-order chi connectivity index (χ0) is 25.9. The smallest absolute Gasteiger partial charge is 0.316 e. The van der Waals surface area contributed by atoms with Crippen LogP contribution in [0.3, 0.4) is 0 Å². The van der Waals surface area contributed by atoms with Gasteiger partial charge in [0.05, 0.1) is 36.5 Å². The average molecular weight is 533 g/mol. The Morgan fingerprint density at radius 1 is 1.08 bits per heavy atom. The van der Waals surface area contributed by atoms with Crippen LogP contribution < -0.4 is 19.5 Å². The number of methoxy groups -OCH3 is 2. The largest absolute Gasteiger partial charge is 0.497 e. The van der Waals surface area contributed by atoms with Gasteiger partial charge in [0.25, 0.3) is 5.91 Å². The van der Waals surface area contributed by atoms with E-state index < -0.39 is 0 Å².